The minimum absolute atomic E-state index is 0.123. The van der Waals surface area contributed by atoms with Gasteiger partial charge in [-0.15, -0.1) is 0 Å². The van der Waals surface area contributed by atoms with Crippen molar-refractivity contribution in [3.8, 4) is 0 Å². The molecule has 0 spiro atoms. The van der Waals surface area contributed by atoms with Crippen molar-refractivity contribution >= 4 is 53.1 Å². The van der Waals surface area contributed by atoms with Gasteiger partial charge in [0.25, 0.3) is 0 Å². The van der Waals surface area contributed by atoms with Crippen molar-refractivity contribution in [3.63, 3.8) is 0 Å². The Morgan fingerprint density at radius 3 is 2.26 bits per heavy atom. The molecular weight excluding hydrogens is 510 g/mol. The highest BCUT2D eigenvalue weighted by Gasteiger charge is 2.28. The van der Waals surface area contributed by atoms with E-state index in [2.05, 4.69) is 33.9 Å². The van der Waals surface area contributed by atoms with Crippen LogP contribution < -0.4 is 32.7 Å². The van der Waals surface area contributed by atoms with E-state index in [1.807, 2.05) is 42.5 Å². The quantitative estimate of drug-likeness (QED) is 0.0649. The highest BCUT2D eigenvalue weighted by atomic mass is 32.1. The smallest absolute Gasteiger partial charge is 0.327 e. The molecule has 0 bridgehead atoms. The Hall–Kier alpha value is -3.84. The molecular formula is C25H35N7O5S. The van der Waals surface area contributed by atoms with Crippen molar-refractivity contribution in [2.24, 2.45) is 11.5 Å². The van der Waals surface area contributed by atoms with Gasteiger partial charge in [-0.3, -0.25) is 19.8 Å². The van der Waals surface area contributed by atoms with E-state index in [1.165, 1.54) is 6.92 Å². The van der Waals surface area contributed by atoms with Crippen molar-refractivity contribution in [1.29, 1.82) is 5.41 Å². The van der Waals surface area contributed by atoms with Crippen molar-refractivity contribution in [2.45, 2.75) is 50.4 Å². The highest BCUT2D eigenvalue weighted by molar-refractivity contribution is 7.80. The standard InChI is InChI=1S/C25H35N7O5S/c1-14(21(33)32-20(13-38)24(36)37)30-23(35)19(31-22(34)18(26)7-4-10-29-25(27)28)12-15-8-9-16-5-2-3-6-17(16)11-15/h2-3,5-6,8-9,11,14,18-20,38H,4,7,10,12-13,26H2,1H3,(H,30,35)(H,31,34)(H,32,33)(H,36,37)(H4,27,28,29)/t14-,18-,19-,20-/m0/s1. The lowest BCUT2D eigenvalue weighted by Gasteiger charge is -2.23. The van der Waals surface area contributed by atoms with Gasteiger partial charge in [0, 0.05) is 18.7 Å². The molecule has 0 saturated carbocycles. The number of nitrogens with two attached hydrogens (primary N) is 2. The van der Waals surface area contributed by atoms with Gasteiger partial charge in [0.1, 0.15) is 18.1 Å². The summed E-state index contributed by atoms with van der Waals surface area (Å²) in [6.07, 6.45) is 0.891. The number of carboxylic acids is 1. The molecule has 13 heteroatoms. The number of thiol groups is 1. The third kappa shape index (κ3) is 9.56. The maximum atomic E-state index is 13.2. The van der Waals surface area contributed by atoms with Crippen molar-refractivity contribution in [3.05, 3.63) is 48.0 Å². The second-order valence-corrected chi connectivity index (χ2v) is 9.21. The van der Waals surface area contributed by atoms with E-state index in [0.717, 1.165) is 16.3 Å². The summed E-state index contributed by atoms with van der Waals surface area (Å²) in [5.41, 5.74) is 12.0. The molecule has 3 amide bonds. The Morgan fingerprint density at radius 2 is 1.63 bits per heavy atom. The van der Waals surface area contributed by atoms with E-state index >= 15 is 0 Å². The van der Waals surface area contributed by atoms with Gasteiger partial charge in [0.2, 0.25) is 17.7 Å². The monoisotopic (exact) mass is 545 g/mol. The van der Waals surface area contributed by atoms with Crippen LogP contribution in [0.25, 0.3) is 10.8 Å². The van der Waals surface area contributed by atoms with Gasteiger partial charge < -0.3 is 37.8 Å². The van der Waals surface area contributed by atoms with E-state index in [9.17, 15) is 19.2 Å². The Bertz CT molecular complexity index is 1160. The Labute approximate surface area is 226 Å². The molecule has 2 aromatic rings. The maximum absolute atomic E-state index is 13.2. The van der Waals surface area contributed by atoms with E-state index in [-0.39, 0.29) is 24.6 Å². The number of carbonyl (C=O) groups is 4. The largest absolute Gasteiger partial charge is 0.480 e. The average Bonchev–Trinajstić information content (AvgIpc) is 2.88. The molecule has 206 valence electrons. The van der Waals surface area contributed by atoms with Crippen LogP contribution in [0.2, 0.25) is 0 Å². The van der Waals surface area contributed by atoms with Crippen LogP contribution in [0.5, 0.6) is 0 Å². The number of benzene rings is 2. The van der Waals surface area contributed by atoms with Crippen molar-refractivity contribution in [2.75, 3.05) is 12.3 Å². The predicted octanol–water partition coefficient (Wildman–Crippen LogP) is -0.538. The number of nitrogens with one attached hydrogen (secondary N) is 5. The molecule has 2 aromatic carbocycles. The summed E-state index contributed by atoms with van der Waals surface area (Å²) >= 11 is 3.92. The first-order valence-corrected chi connectivity index (χ1v) is 12.7. The van der Waals surface area contributed by atoms with Crippen LogP contribution in [0, 0.1) is 5.41 Å². The number of hydrogen-bond acceptors (Lipinski definition) is 7. The van der Waals surface area contributed by atoms with Crippen LogP contribution in [0.4, 0.5) is 0 Å². The summed E-state index contributed by atoms with van der Waals surface area (Å²) in [5.74, 6) is -3.44. The number of rotatable bonds is 14. The zero-order valence-electron chi connectivity index (χ0n) is 21.1. The highest BCUT2D eigenvalue weighted by Crippen LogP contribution is 2.17. The zero-order chi connectivity index (χ0) is 28.2. The molecule has 0 heterocycles. The van der Waals surface area contributed by atoms with E-state index < -0.39 is 47.9 Å². The summed E-state index contributed by atoms with van der Waals surface area (Å²) in [7, 11) is 0. The van der Waals surface area contributed by atoms with Gasteiger partial charge in [-0.2, -0.15) is 12.6 Å². The Morgan fingerprint density at radius 1 is 0.974 bits per heavy atom. The normalized spacial score (nSPS) is 14.0. The van der Waals surface area contributed by atoms with Crippen LogP contribution >= 0.6 is 12.6 Å². The summed E-state index contributed by atoms with van der Waals surface area (Å²) in [5, 5.41) is 28.4. The van der Waals surface area contributed by atoms with Gasteiger partial charge in [0.15, 0.2) is 5.96 Å². The van der Waals surface area contributed by atoms with Crippen LogP contribution in [0.3, 0.4) is 0 Å². The van der Waals surface area contributed by atoms with Gasteiger partial charge in [-0.1, -0.05) is 42.5 Å². The number of guanidine groups is 1. The van der Waals surface area contributed by atoms with Crippen LogP contribution in [-0.4, -0.2) is 71.2 Å². The summed E-state index contributed by atoms with van der Waals surface area (Å²) in [6, 6.07) is 9.12. The molecule has 0 aliphatic carbocycles. The fraction of sp³-hybridized carbons (Fsp3) is 0.400. The predicted molar refractivity (Wildman–Crippen MR) is 148 cm³/mol. The number of fused-ring (bicyclic) bond motifs is 1. The molecule has 0 radical (unpaired) electrons. The van der Waals surface area contributed by atoms with Crippen LogP contribution in [0.15, 0.2) is 42.5 Å². The van der Waals surface area contributed by atoms with Crippen molar-refractivity contribution < 1.29 is 24.3 Å². The molecule has 0 aliphatic rings. The van der Waals surface area contributed by atoms with Crippen LogP contribution in [-0.2, 0) is 25.6 Å². The molecule has 0 aliphatic heterocycles. The van der Waals surface area contributed by atoms with Gasteiger partial charge in [0.05, 0.1) is 6.04 Å². The fourth-order valence-electron chi connectivity index (χ4n) is 3.63. The van der Waals surface area contributed by atoms with Gasteiger partial charge >= 0.3 is 5.97 Å². The lowest BCUT2D eigenvalue weighted by atomic mass is 10.0. The lowest BCUT2D eigenvalue weighted by Crippen LogP contribution is -2.57. The molecule has 12 nitrogen and oxygen atoms in total. The Balaban J connectivity index is 2.14. The third-order valence-corrected chi connectivity index (χ3v) is 6.15. The molecule has 0 aromatic heterocycles. The minimum atomic E-state index is -1.25. The SMILES string of the molecule is C[C@H](NC(=O)[C@H](Cc1ccc2ccccc2c1)NC(=O)[C@@H](N)CCCNC(=N)N)C(=O)N[C@@H](CS)C(=O)O. The molecule has 0 unspecified atom stereocenters. The maximum Gasteiger partial charge on any atom is 0.327 e. The molecule has 0 fully saturated rings. The number of amides is 3. The minimum Gasteiger partial charge on any atom is -0.480 e. The molecule has 4 atom stereocenters. The second-order valence-electron chi connectivity index (χ2n) is 8.85. The first kappa shape index (κ1) is 30.4. The molecule has 2 rings (SSSR count). The first-order valence-electron chi connectivity index (χ1n) is 12.1. The van der Waals surface area contributed by atoms with Gasteiger partial charge in [-0.25, -0.2) is 4.79 Å². The summed E-state index contributed by atoms with van der Waals surface area (Å²) in [6.45, 7) is 1.78. The summed E-state index contributed by atoms with van der Waals surface area (Å²) in [4.78, 5) is 49.6. The lowest BCUT2D eigenvalue weighted by molar-refractivity contribution is -0.141. The first-order chi connectivity index (χ1) is 18.0. The Kier molecular flexibility index (Phi) is 11.8. The average molecular weight is 546 g/mol. The van der Waals surface area contributed by atoms with E-state index in [0.29, 0.717) is 13.0 Å². The van der Waals surface area contributed by atoms with Crippen LogP contribution in [0.1, 0.15) is 25.3 Å². The zero-order valence-corrected chi connectivity index (χ0v) is 22.0. The molecule has 38 heavy (non-hydrogen) atoms. The number of aliphatic carboxylic acids is 1. The topological polar surface area (TPSA) is 213 Å². The number of carboxylic acid groups (broad SMARTS) is 1. The third-order valence-electron chi connectivity index (χ3n) is 5.78. The number of carbonyl (C=O) groups excluding carboxylic acids is 3. The number of hydrogen-bond donors (Lipinski definition) is 9. The fourth-order valence-corrected chi connectivity index (χ4v) is 3.87. The molecule has 10 N–H and O–H groups in total. The van der Waals surface area contributed by atoms with Gasteiger partial charge in [-0.05, 0) is 36.1 Å². The second kappa shape index (κ2) is 14.8. The van der Waals surface area contributed by atoms with Crippen molar-refractivity contribution in [1.82, 2.24) is 21.3 Å². The van der Waals surface area contributed by atoms with E-state index in [1.54, 1.807) is 0 Å². The molecule has 0 saturated heterocycles. The van der Waals surface area contributed by atoms with E-state index in [4.69, 9.17) is 22.0 Å². The summed E-state index contributed by atoms with van der Waals surface area (Å²) < 4.78 is 0.